The Morgan fingerprint density at radius 2 is 1.74 bits per heavy atom. The predicted molar refractivity (Wildman–Crippen MR) is 118 cm³/mol. The SMILES string of the molecule is O=C(C[NH+]1CCN(c2ccccc2O)CC1)N1CCC(c2nc3ccccc3o2)CC1. The van der Waals surface area contributed by atoms with Crippen molar-refractivity contribution in [3.63, 3.8) is 0 Å². The number of fused-ring (bicyclic) bond motifs is 1. The Labute approximate surface area is 181 Å². The second-order valence-corrected chi connectivity index (χ2v) is 8.58. The summed E-state index contributed by atoms with van der Waals surface area (Å²) in [5.74, 6) is 1.65. The number of aromatic nitrogens is 1. The van der Waals surface area contributed by atoms with E-state index in [2.05, 4.69) is 9.88 Å². The van der Waals surface area contributed by atoms with E-state index in [1.807, 2.05) is 47.4 Å². The number of hydrogen-bond donors (Lipinski definition) is 2. The van der Waals surface area contributed by atoms with E-state index >= 15 is 0 Å². The van der Waals surface area contributed by atoms with Gasteiger partial charge in [-0.3, -0.25) is 4.79 Å². The third-order valence-electron chi connectivity index (χ3n) is 6.60. The number of piperazine rings is 1. The number of carbonyl (C=O) groups excluding carboxylic acids is 1. The van der Waals surface area contributed by atoms with Gasteiger partial charge in [0.2, 0.25) is 0 Å². The maximum atomic E-state index is 12.9. The van der Waals surface area contributed by atoms with Crippen LogP contribution in [0, 0.1) is 0 Å². The number of likely N-dealkylation sites (tertiary alicyclic amines) is 1. The molecule has 31 heavy (non-hydrogen) atoms. The van der Waals surface area contributed by atoms with Gasteiger partial charge in [0.05, 0.1) is 31.9 Å². The Kier molecular flexibility index (Phi) is 5.51. The molecule has 2 saturated heterocycles. The lowest BCUT2D eigenvalue weighted by Gasteiger charge is -2.35. The number of amides is 1. The Hall–Kier alpha value is -3.06. The van der Waals surface area contributed by atoms with Crippen LogP contribution >= 0.6 is 0 Å². The Balaban J connectivity index is 1.11. The van der Waals surface area contributed by atoms with Gasteiger partial charge in [-0.1, -0.05) is 24.3 Å². The fourth-order valence-corrected chi connectivity index (χ4v) is 4.74. The average molecular weight is 422 g/mol. The maximum absolute atomic E-state index is 12.9. The summed E-state index contributed by atoms with van der Waals surface area (Å²) in [6.45, 7) is 5.57. The topological polar surface area (TPSA) is 74.2 Å². The van der Waals surface area contributed by atoms with E-state index < -0.39 is 0 Å². The smallest absolute Gasteiger partial charge is 0.277 e. The van der Waals surface area contributed by atoms with Gasteiger partial charge in [-0.15, -0.1) is 0 Å². The summed E-state index contributed by atoms with van der Waals surface area (Å²) in [5.41, 5.74) is 2.62. The van der Waals surface area contributed by atoms with Gasteiger partial charge in [-0.2, -0.15) is 0 Å². The van der Waals surface area contributed by atoms with Crippen LogP contribution in [-0.2, 0) is 4.79 Å². The van der Waals surface area contributed by atoms with Crippen LogP contribution in [0.2, 0.25) is 0 Å². The molecule has 0 radical (unpaired) electrons. The van der Waals surface area contributed by atoms with Gasteiger partial charge in [0.1, 0.15) is 11.3 Å². The molecule has 3 aromatic rings. The van der Waals surface area contributed by atoms with Crippen molar-refractivity contribution >= 4 is 22.7 Å². The first-order chi connectivity index (χ1) is 15.2. The number of piperidine rings is 1. The van der Waals surface area contributed by atoms with Crippen LogP contribution in [0.25, 0.3) is 11.1 Å². The van der Waals surface area contributed by atoms with E-state index in [0.717, 1.165) is 74.8 Å². The van der Waals surface area contributed by atoms with Crippen molar-refractivity contribution in [1.82, 2.24) is 9.88 Å². The lowest BCUT2D eigenvalue weighted by Crippen LogP contribution is -3.16. The fourth-order valence-electron chi connectivity index (χ4n) is 4.74. The second kappa shape index (κ2) is 8.59. The summed E-state index contributed by atoms with van der Waals surface area (Å²) in [5, 5.41) is 10.1. The van der Waals surface area contributed by atoms with E-state index in [0.29, 0.717) is 12.3 Å². The van der Waals surface area contributed by atoms with Crippen LogP contribution in [-0.4, -0.2) is 66.7 Å². The van der Waals surface area contributed by atoms with Gasteiger partial charge in [-0.25, -0.2) is 4.98 Å². The van der Waals surface area contributed by atoms with E-state index in [1.165, 1.54) is 4.90 Å². The minimum Gasteiger partial charge on any atom is -0.506 e. The highest BCUT2D eigenvalue weighted by molar-refractivity contribution is 5.77. The number of para-hydroxylation sites is 4. The molecule has 5 rings (SSSR count). The molecule has 2 aliphatic rings. The first kappa shape index (κ1) is 19.9. The van der Waals surface area contributed by atoms with Crippen LogP contribution in [0.3, 0.4) is 0 Å². The number of aromatic hydroxyl groups is 1. The molecule has 0 unspecified atom stereocenters. The molecule has 7 heteroatoms. The molecule has 2 aromatic carbocycles. The molecule has 0 bridgehead atoms. The predicted octanol–water partition coefficient (Wildman–Crippen LogP) is 1.64. The molecule has 2 aliphatic heterocycles. The zero-order chi connectivity index (χ0) is 21.2. The molecule has 162 valence electrons. The first-order valence-corrected chi connectivity index (χ1v) is 11.2. The van der Waals surface area contributed by atoms with Gasteiger partial charge in [0.15, 0.2) is 18.0 Å². The monoisotopic (exact) mass is 421 g/mol. The number of rotatable bonds is 4. The molecule has 1 aromatic heterocycles. The molecule has 3 heterocycles. The Morgan fingerprint density at radius 1 is 1.03 bits per heavy atom. The van der Waals surface area contributed by atoms with Gasteiger partial charge in [0, 0.05) is 19.0 Å². The Bertz CT molecular complexity index is 1020. The third-order valence-corrected chi connectivity index (χ3v) is 6.60. The minimum atomic E-state index is 0.238. The van der Waals surface area contributed by atoms with Crippen LogP contribution in [0.1, 0.15) is 24.7 Å². The minimum absolute atomic E-state index is 0.238. The van der Waals surface area contributed by atoms with Crippen LogP contribution in [0.5, 0.6) is 5.75 Å². The van der Waals surface area contributed by atoms with Crippen molar-refractivity contribution in [1.29, 1.82) is 0 Å². The highest BCUT2D eigenvalue weighted by atomic mass is 16.3. The summed E-state index contributed by atoms with van der Waals surface area (Å²) in [6, 6.07) is 15.3. The maximum Gasteiger partial charge on any atom is 0.277 e. The van der Waals surface area contributed by atoms with Crippen LogP contribution < -0.4 is 9.80 Å². The molecule has 1 amide bonds. The van der Waals surface area contributed by atoms with Crippen molar-refractivity contribution < 1.29 is 19.2 Å². The zero-order valence-corrected chi connectivity index (χ0v) is 17.7. The molecular weight excluding hydrogens is 392 g/mol. The standard InChI is InChI=1S/C24H28N4O3/c29-21-7-3-2-6-20(21)27-15-13-26(14-16-27)17-23(30)28-11-9-18(10-12-28)24-25-19-5-1-4-8-22(19)31-24/h1-8,18,29H,9-17H2/p+1. The van der Waals surface area contributed by atoms with E-state index in [-0.39, 0.29) is 11.8 Å². The number of oxazole rings is 1. The van der Waals surface area contributed by atoms with E-state index in [4.69, 9.17) is 4.42 Å². The van der Waals surface area contributed by atoms with Gasteiger partial charge in [-0.05, 0) is 37.1 Å². The molecule has 2 N–H and O–H groups in total. The van der Waals surface area contributed by atoms with Crippen molar-refractivity contribution in [3.05, 3.63) is 54.4 Å². The molecule has 0 atom stereocenters. The second-order valence-electron chi connectivity index (χ2n) is 8.58. The van der Waals surface area contributed by atoms with Crippen molar-refractivity contribution in [2.24, 2.45) is 0 Å². The summed E-state index contributed by atoms with van der Waals surface area (Å²) < 4.78 is 5.94. The molecule has 0 aliphatic carbocycles. The molecular formula is C24H29N4O3+. The lowest BCUT2D eigenvalue weighted by molar-refractivity contribution is -0.892. The largest absolute Gasteiger partial charge is 0.506 e. The summed E-state index contributed by atoms with van der Waals surface area (Å²) >= 11 is 0. The number of quaternary nitrogens is 1. The fraction of sp³-hybridized carbons (Fsp3) is 0.417. The molecule has 2 fully saturated rings. The lowest BCUT2D eigenvalue weighted by atomic mass is 9.96. The summed E-state index contributed by atoms with van der Waals surface area (Å²) in [4.78, 5) is 23.0. The first-order valence-electron chi connectivity index (χ1n) is 11.2. The van der Waals surface area contributed by atoms with Crippen molar-refractivity contribution in [2.75, 3.05) is 50.7 Å². The molecule has 7 nitrogen and oxygen atoms in total. The number of phenolic OH excluding ortho intramolecular Hbond substituents is 1. The number of benzene rings is 2. The Morgan fingerprint density at radius 3 is 2.48 bits per heavy atom. The van der Waals surface area contributed by atoms with E-state index in [9.17, 15) is 9.90 Å². The summed E-state index contributed by atoms with van der Waals surface area (Å²) in [6.07, 6.45) is 1.80. The number of anilines is 1. The van der Waals surface area contributed by atoms with Crippen molar-refractivity contribution in [3.8, 4) is 5.75 Å². The number of hydrogen-bond acceptors (Lipinski definition) is 5. The third kappa shape index (κ3) is 4.23. The number of nitrogens with zero attached hydrogens (tertiary/aromatic N) is 3. The van der Waals surface area contributed by atoms with E-state index in [1.54, 1.807) is 6.07 Å². The zero-order valence-electron chi connectivity index (χ0n) is 17.7. The quantitative estimate of drug-likeness (QED) is 0.670. The number of phenols is 1. The highest BCUT2D eigenvalue weighted by Gasteiger charge is 2.30. The number of carbonyl (C=O) groups is 1. The molecule has 0 spiro atoms. The van der Waals surface area contributed by atoms with Gasteiger partial charge < -0.3 is 24.2 Å². The van der Waals surface area contributed by atoms with Crippen LogP contribution in [0.4, 0.5) is 5.69 Å². The van der Waals surface area contributed by atoms with Crippen molar-refractivity contribution in [2.45, 2.75) is 18.8 Å². The summed E-state index contributed by atoms with van der Waals surface area (Å²) in [7, 11) is 0. The van der Waals surface area contributed by atoms with Gasteiger partial charge >= 0.3 is 0 Å². The highest BCUT2D eigenvalue weighted by Crippen LogP contribution is 2.30. The van der Waals surface area contributed by atoms with Crippen LogP contribution in [0.15, 0.2) is 52.9 Å². The average Bonchev–Trinajstić information content (AvgIpc) is 3.24. The molecule has 0 saturated carbocycles. The number of nitrogens with one attached hydrogen (secondary N) is 1. The van der Waals surface area contributed by atoms with Gasteiger partial charge in [0.25, 0.3) is 5.91 Å². The normalized spacial score (nSPS) is 18.6.